The standard InChI is InChI=1S/C18H19NO4/c1-3-10-23-16-9-5-7-14(12-16)17(20)13-6-4-8-15(11-13)18(21)19(2)22/h4-9,11-12,22H,3,10H2,1-2H3. The van der Waals surface area contributed by atoms with E-state index in [0.29, 0.717) is 28.5 Å². The Hall–Kier alpha value is -2.66. The highest BCUT2D eigenvalue weighted by molar-refractivity contribution is 6.10. The van der Waals surface area contributed by atoms with E-state index in [-0.39, 0.29) is 11.3 Å². The number of carbonyl (C=O) groups is 2. The zero-order valence-corrected chi connectivity index (χ0v) is 13.2. The van der Waals surface area contributed by atoms with Crippen molar-refractivity contribution < 1.29 is 19.5 Å². The van der Waals surface area contributed by atoms with Crippen molar-refractivity contribution in [3.63, 3.8) is 0 Å². The highest BCUT2D eigenvalue weighted by Gasteiger charge is 2.14. The van der Waals surface area contributed by atoms with Crippen molar-refractivity contribution in [2.75, 3.05) is 13.7 Å². The lowest BCUT2D eigenvalue weighted by atomic mass is 10.0. The highest BCUT2D eigenvalue weighted by Crippen LogP contribution is 2.18. The number of hydrogen-bond acceptors (Lipinski definition) is 4. The van der Waals surface area contributed by atoms with Gasteiger partial charge in [-0.3, -0.25) is 14.8 Å². The molecule has 0 saturated heterocycles. The van der Waals surface area contributed by atoms with Gasteiger partial charge < -0.3 is 4.74 Å². The van der Waals surface area contributed by atoms with Gasteiger partial charge in [0.15, 0.2) is 5.78 Å². The smallest absolute Gasteiger partial charge is 0.276 e. The number of hydroxylamine groups is 2. The van der Waals surface area contributed by atoms with Crippen molar-refractivity contribution in [3.8, 4) is 5.75 Å². The van der Waals surface area contributed by atoms with E-state index >= 15 is 0 Å². The number of ketones is 1. The van der Waals surface area contributed by atoms with Crippen molar-refractivity contribution in [2.24, 2.45) is 0 Å². The number of benzene rings is 2. The van der Waals surface area contributed by atoms with Crippen molar-refractivity contribution in [1.82, 2.24) is 5.06 Å². The van der Waals surface area contributed by atoms with Crippen molar-refractivity contribution in [3.05, 3.63) is 65.2 Å². The second-order valence-electron chi connectivity index (χ2n) is 5.11. The third-order valence-corrected chi connectivity index (χ3v) is 3.23. The summed E-state index contributed by atoms with van der Waals surface area (Å²) in [6.07, 6.45) is 0.886. The van der Waals surface area contributed by atoms with Crippen LogP contribution in [-0.2, 0) is 0 Å². The summed E-state index contributed by atoms with van der Waals surface area (Å²) in [6, 6.07) is 13.2. The zero-order valence-electron chi connectivity index (χ0n) is 13.2. The molecule has 0 fully saturated rings. The van der Waals surface area contributed by atoms with Crippen LogP contribution in [0, 0.1) is 0 Å². The van der Waals surface area contributed by atoms with Crippen LogP contribution in [0.1, 0.15) is 39.6 Å². The Morgan fingerprint density at radius 2 is 1.65 bits per heavy atom. The minimum atomic E-state index is -0.570. The molecule has 23 heavy (non-hydrogen) atoms. The molecule has 1 amide bonds. The molecular weight excluding hydrogens is 294 g/mol. The second kappa shape index (κ2) is 7.56. The van der Waals surface area contributed by atoms with E-state index in [4.69, 9.17) is 4.74 Å². The summed E-state index contributed by atoms with van der Waals surface area (Å²) in [4.78, 5) is 24.3. The quantitative estimate of drug-likeness (QED) is 0.505. The van der Waals surface area contributed by atoms with Crippen LogP contribution in [0.5, 0.6) is 5.75 Å². The first-order valence-corrected chi connectivity index (χ1v) is 7.37. The fourth-order valence-corrected chi connectivity index (χ4v) is 2.09. The first-order valence-electron chi connectivity index (χ1n) is 7.37. The molecule has 0 saturated carbocycles. The molecule has 2 aromatic rings. The molecule has 0 aliphatic heterocycles. The molecule has 0 aliphatic rings. The highest BCUT2D eigenvalue weighted by atomic mass is 16.5. The first-order chi connectivity index (χ1) is 11.0. The molecule has 2 aromatic carbocycles. The minimum Gasteiger partial charge on any atom is -0.494 e. The van der Waals surface area contributed by atoms with E-state index in [2.05, 4.69) is 0 Å². The van der Waals surface area contributed by atoms with Crippen LogP contribution in [0.15, 0.2) is 48.5 Å². The number of hydrogen-bond donors (Lipinski definition) is 1. The number of rotatable bonds is 6. The van der Waals surface area contributed by atoms with Gasteiger partial charge in [-0.25, -0.2) is 5.06 Å². The molecule has 5 heteroatoms. The van der Waals surface area contributed by atoms with Crippen LogP contribution in [-0.4, -0.2) is 35.6 Å². The predicted molar refractivity (Wildman–Crippen MR) is 86.0 cm³/mol. The molecule has 0 aliphatic carbocycles. The summed E-state index contributed by atoms with van der Waals surface area (Å²) in [5, 5.41) is 9.71. The Bertz CT molecular complexity index is 710. The molecule has 0 unspecified atom stereocenters. The average Bonchev–Trinajstić information content (AvgIpc) is 2.58. The molecule has 0 heterocycles. The summed E-state index contributed by atoms with van der Waals surface area (Å²) in [5.41, 5.74) is 1.12. The molecule has 0 aromatic heterocycles. The Morgan fingerprint density at radius 1 is 1.04 bits per heavy atom. The summed E-state index contributed by atoms with van der Waals surface area (Å²) in [5.74, 6) is -0.137. The van der Waals surface area contributed by atoms with E-state index in [0.717, 1.165) is 6.42 Å². The van der Waals surface area contributed by atoms with Gasteiger partial charge in [0.05, 0.1) is 6.61 Å². The average molecular weight is 313 g/mol. The van der Waals surface area contributed by atoms with Gasteiger partial charge >= 0.3 is 0 Å². The van der Waals surface area contributed by atoms with Gasteiger partial charge in [-0.05, 0) is 30.7 Å². The summed E-state index contributed by atoms with van der Waals surface area (Å²) < 4.78 is 5.53. The van der Waals surface area contributed by atoms with E-state index < -0.39 is 5.91 Å². The van der Waals surface area contributed by atoms with E-state index in [1.807, 2.05) is 6.92 Å². The van der Waals surface area contributed by atoms with Gasteiger partial charge in [0.2, 0.25) is 0 Å². The second-order valence-corrected chi connectivity index (χ2v) is 5.11. The Morgan fingerprint density at radius 3 is 2.30 bits per heavy atom. The normalized spacial score (nSPS) is 10.2. The van der Waals surface area contributed by atoms with Crippen molar-refractivity contribution in [2.45, 2.75) is 13.3 Å². The van der Waals surface area contributed by atoms with Gasteiger partial charge in [0.25, 0.3) is 5.91 Å². The third-order valence-electron chi connectivity index (χ3n) is 3.23. The van der Waals surface area contributed by atoms with Crippen molar-refractivity contribution in [1.29, 1.82) is 0 Å². The van der Waals surface area contributed by atoms with Gasteiger partial charge in [0.1, 0.15) is 5.75 Å². The van der Waals surface area contributed by atoms with Gasteiger partial charge in [-0.15, -0.1) is 0 Å². The lowest BCUT2D eigenvalue weighted by Crippen LogP contribution is -2.22. The summed E-state index contributed by atoms with van der Waals surface area (Å²) in [7, 11) is 1.24. The van der Waals surface area contributed by atoms with Crippen LogP contribution in [0.25, 0.3) is 0 Å². The summed E-state index contributed by atoms with van der Waals surface area (Å²) >= 11 is 0. The lowest BCUT2D eigenvalue weighted by Gasteiger charge is -2.10. The fraction of sp³-hybridized carbons (Fsp3) is 0.222. The number of nitrogens with zero attached hydrogens (tertiary/aromatic N) is 1. The minimum absolute atomic E-state index is 0.206. The maximum absolute atomic E-state index is 12.6. The first kappa shape index (κ1) is 16.7. The maximum atomic E-state index is 12.6. The molecule has 0 spiro atoms. The monoisotopic (exact) mass is 313 g/mol. The van der Waals surface area contributed by atoms with Gasteiger partial charge in [-0.2, -0.15) is 0 Å². The van der Waals surface area contributed by atoms with E-state index in [1.54, 1.807) is 42.5 Å². The van der Waals surface area contributed by atoms with E-state index in [1.165, 1.54) is 13.1 Å². The van der Waals surface area contributed by atoms with Crippen LogP contribution in [0.2, 0.25) is 0 Å². The Kier molecular flexibility index (Phi) is 5.49. The molecule has 5 nitrogen and oxygen atoms in total. The van der Waals surface area contributed by atoms with Crippen LogP contribution in [0.4, 0.5) is 0 Å². The zero-order chi connectivity index (χ0) is 16.8. The Labute approximate surface area is 135 Å². The number of amides is 1. The molecule has 0 radical (unpaired) electrons. The predicted octanol–water partition coefficient (Wildman–Crippen LogP) is 3.17. The molecule has 1 N–H and O–H groups in total. The van der Waals surface area contributed by atoms with Gasteiger partial charge in [-0.1, -0.05) is 31.2 Å². The lowest BCUT2D eigenvalue weighted by molar-refractivity contribution is -0.0374. The van der Waals surface area contributed by atoms with Crippen LogP contribution >= 0.6 is 0 Å². The third kappa shape index (κ3) is 4.17. The fourth-order valence-electron chi connectivity index (χ4n) is 2.09. The molecule has 2 rings (SSSR count). The molecule has 0 bridgehead atoms. The number of ether oxygens (including phenoxy) is 1. The topological polar surface area (TPSA) is 66.8 Å². The largest absolute Gasteiger partial charge is 0.494 e. The summed E-state index contributed by atoms with van der Waals surface area (Å²) in [6.45, 7) is 2.60. The van der Waals surface area contributed by atoms with Crippen molar-refractivity contribution >= 4 is 11.7 Å². The Balaban J connectivity index is 2.27. The molecule has 120 valence electrons. The maximum Gasteiger partial charge on any atom is 0.276 e. The van der Waals surface area contributed by atoms with Crippen LogP contribution < -0.4 is 4.74 Å². The number of carbonyl (C=O) groups excluding carboxylic acids is 2. The SMILES string of the molecule is CCCOc1cccc(C(=O)c2cccc(C(=O)N(C)O)c2)c1. The molecular formula is C18H19NO4. The molecule has 0 atom stereocenters. The van der Waals surface area contributed by atoms with Crippen LogP contribution in [0.3, 0.4) is 0 Å². The van der Waals surface area contributed by atoms with E-state index in [9.17, 15) is 14.8 Å². The van der Waals surface area contributed by atoms with Gasteiger partial charge in [0, 0.05) is 23.7 Å².